The zero-order valence-corrected chi connectivity index (χ0v) is 7.05. The Kier molecular flexibility index (Phi) is 4.73. The molecule has 0 fully saturated rings. The number of allylic oxidation sites excluding steroid dienone is 3. The van der Waals surface area contributed by atoms with Crippen molar-refractivity contribution in [2.24, 2.45) is 5.92 Å². The average molecular weight is 140 g/mol. The Hall–Kier alpha value is -0.720. The number of hydrogen-bond acceptors (Lipinski definition) is 1. The van der Waals surface area contributed by atoms with Crippen LogP contribution in [0, 0.1) is 5.92 Å². The summed E-state index contributed by atoms with van der Waals surface area (Å²) >= 11 is 0. The maximum absolute atomic E-state index is 5.09. The van der Waals surface area contributed by atoms with Gasteiger partial charge in [-0.15, -0.1) is 0 Å². The quantitative estimate of drug-likeness (QED) is 0.431. The van der Waals surface area contributed by atoms with Crippen LogP contribution in [0.1, 0.15) is 20.3 Å². The van der Waals surface area contributed by atoms with Gasteiger partial charge in [0.1, 0.15) is 0 Å². The predicted octanol–water partition coefficient (Wildman–Crippen LogP) is 2.75. The van der Waals surface area contributed by atoms with Gasteiger partial charge in [0, 0.05) is 6.42 Å². The first kappa shape index (κ1) is 9.28. The third-order valence-electron chi connectivity index (χ3n) is 1.18. The van der Waals surface area contributed by atoms with Gasteiger partial charge >= 0.3 is 0 Å². The van der Waals surface area contributed by atoms with E-state index in [0.717, 1.165) is 12.2 Å². The van der Waals surface area contributed by atoms with Crippen LogP contribution >= 0.6 is 0 Å². The smallest absolute Gasteiger partial charge is 0.0957 e. The van der Waals surface area contributed by atoms with Crippen molar-refractivity contribution in [2.45, 2.75) is 20.3 Å². The zero-order valence-electron chi connectivity index (χ0n) is 7.05. The molecule has 0 heterocycles. The lowest BCUT2D eigenvalue weighted by Crippen LogP contribution is -1.92. The molecule has 0 aromatic carbocycles. The van der Waals surface area contributed by atoms with Crippen molar-refractivity contribution < 1.29 is 4.74 Å². The Morgan fingerprint density at radius 2 is 2.20 bits per heavy atom. The molecular formula is C9H16O. The molecule has 0 radical (unpaired) electrons. The van der Waals surface area contributed by atoms with E-state index in [1.807, 2.05) is 6.08 Å². The zero-order chi connectivity index (χ0) is 7.98. The first-order valence-corrected chi connectivity index (χ1v) is 3.56. The van der Waals surface area contributed by atoms with E-state index in [4.69, 9.17) is 4.74 Å². The van der Waals surface area contributed by atoms with Crippen molar-refractivity contribution in [2.75, 3.05) is 7.11 Å². The van der Waals surface area contributed by atoms with E-state index in [9.17, 15) is 0 Å². The highest BCUT2D eigenvalue weighted by Gasteiger charge is 1.97. The molecule has 0 saturated heterocycles. The lowest BCUT2D eigenvalue weighted by molar-refractivity contribution is 0.265. The second-order valence-corrected chi connectivity index (χ2v) is 2.67. The second kappa shape index (κ2) is 5.10. The molecule has 0 atom stereocenters. The monoisotopic (exact) mass is 140 g/mol. The summed E-state index contributed by atoms with van der Waals surface area (Å²) < 4.78 is 5.09. The molecule has 0 saturated carbocycles. The van der Waals surface area contributed by atoms with Gasteiger partial charge in [-0.25, -0.2) is 0 Å². The van der Waals surface area contributed by atoms with Crippen LogP contribution in [-0.2, 0) is 4.74 Å². The molecule has 10 heavy (non-hydrogen) atoms. The molecule has 0 aliphatic carbocycles. The van der Waals surface area contributed by atoms with Crippen LogP contribution in [0.4, 0.5) is 0 Å². The summed E-state index contributed by atoms with van der Waals surface area (Å²) in [7, 11) is 1.69. The molecule has 1 nitrogen and oxygen atoms in total. The van der Waals surface area contributed by atoms with Crippen LogP contribution in [0.15, 0.2) is 24.5 Å². The van der Waals surface area contributed by atoms with Crippen LogP contribution in [0.25, 0.3) is 0 Å². The van der Waals surface area contributed by atoms with Gasteiger partial charge < -0.3 is 4.74 Å². The van der Waals surface area contributed by atoms with Crippen molar-refractivity contribution in [3.63, 3.8) is 0 Å². The van der Waals surface area contributed by atoms with Gasteiger partial charge in [0.05, 0.1) is 12.9 Å². The molecule has 0 rings (SSSR count). The predicted molar refractivity (Wildman–Crippen MR) is 44.7 cm³/mol. The van der Waals surface area contributed by atoms with Crippen molar-refractivity contribution in [3.8, 4) is 0 Å². The van der Waals surface area contributed by atoms with Crippen LogP contribution < -0.4 is 0 Å². The molecule has 0 amide bonds. The van der Waals surface area contributed by atoms with Crippen molar-refractivity contribution >= 4 is 0 Å². The van der Waals surface area contributed by atoms with Gasteiger partial charge in [0.25, 0.3) is 0 Å². The Morgan fingerprint density at radius 3 is 2.50 bits per heavy atom. The number of rotatable bonds is 4. The first-order chi connectivity index (χ1) is 4.70. The van der Waals surface area contributed by atoms with E-state index in [2.05, 4.69) is 20.4 Å². The first-order valence-electron chi connectivity index (χ1n) is 3.56. The van der Waals surface area contributed by atoms with Crippen molar-refractivity contribution in [1.82, 2.24) is 0 Å². The van der Waals surface area contributed by atoms with E-state index in [-0.39, 0.29) is 0 Å². The highest BCUT2D eigenvalue weighted by Crippen LogP contribution is 2.10. The standard InChI is InChI=1S/C9H16O/c1-5-6-9(10-4)7-8(2)3/h5-6,8H,1,7H2,2-4H3/b9-6-. The Labute approximate surface area is 63.4 Å². The van der Waals surface area contributed by atoms with Crippen molar-refractivity contribution in [1.29, 1.82) is 0 Å². The average Bonchev–Trinajstić information content (AvgIpc) is 1.86. The van der Waals surface area contributed by atoms with Crippen molar-refractivity contribution in [3.05, 3.63) is 24.5 Å². The summed E-state index contributed by atoms with van der Waals surface area (Å²) in [5, 5.41) is 0. The van der Waals surface area contributed by atoms with Gasteiger partial charge in [-0.2, -0.15) is 0 Å². The summed E-state index contributed by atoms with van der Waals surface area (Å²) in [6, 6.07) is 0. The number of ether oxygens (including phenoxy) is 1. The van der Waals surface area contributed by atoms with E-state index in [0.29, 0.717) is 5.92 Å². The molecule has 0 N–H and O–H groups in total. The molecule has 58 valence electrons. The molecule has 0 spiro atoms. The summed E-state index contributed by atoms with van der Waals surface area (Å²) in [6.07, 6.45) is 4.64. The number of hydrogen-bond donors (Lipinski definition) is 0. The largest absolute Gasteiger partial charge is 0.501 e. The third kappa shape index (κ3) is 4.19. The molecule has 0 aliphatic rings. The SMILES string of the molecule is C=C/C=C(/CC(C)C)OC. The highest BCUT2D eigenvalue weighted by atomic mass is 16.5. The topological polar surface area (TPSA) is 9.23 Å². The lowest BCUT2D eigenvalue weighted by Gasteiger charge is -2.06. The van der Waals surface area contributed by atoms with Gasteiger partial charge in [0.15, 0.2) is 0 Å². The molecule has 0 aromatic rings. The Balaban J connectivity index is 3.82. The third-order valence-corrected chi connectivity index (χ3v) is 1.18. The summed E-state index contributed by atoms with van der Waals surface area (Å²) in [4.78, 5) is 0. The molecule has 0 unspecified atom stereocenters. The summed E-state index contributed by atoms with van der Waals surface area (Å²) in [5.74, 6) is 1.65. The Morgan fingerprint density at radius 1 is 1.60 bits per heavy atom. The van der Waals surface area contributed by atoms with Gasteiger partial charge in [-0.05, 0) is 12.0 Å². The van der Waals surface area contributed by atoms with E-state index in [1.165, 1.54) is 0 Å². The fraction of sp³-hybridized carbons (Fsp3) is 0.556. The maximum atomic E-state index is 5.09. The molecular weight excluding hydrogens is 124 g/mol. The fourth-order valence-corrected chi connectivity index (χ4v) is 0.753. The Bertz CT molecular complexity index is 123. The maximum Gasteiger partial charge on any atom is 0.0957 e. The van der Waals surface area contributed by atoms with Crippen LogP contribution in [0.2, 0.25) is 0 Å². The minimum Gasteiger partial charge on any atom is -0.501 e. The molecule has 0 bridgehead atoms. The van der Waals surface area contributed by atoms with Crippen LogP contribution in [0.5, 0.6) is 0 Å². The van der Waals surface area contributed by atoms with Crippen LogP contribution in [-0.4, -0.2) is 7.11 Å². The van der Waals surface area contributed by atoms with E-state index >= 15 is 0 Å². The molecule has 1 heteroatoms. The summed E-state index contributed by atoms with van der Waals surface area (Å²) in [6.45, 7) is 7.92. The summed E-state index contributed by atoms with van der Waals surface area (Å²) in [5.41, 5.74) is 0. The van der Waals surface area contributed by atoms with Gasteiger partial charge in [-0.3, -0.25) is 0 Å². The van der Waals surface area contributed by atoms with E-state index < -0.39 is 0 Å². The minimum absolute atomic E-state index is 0.645. The van der Waals surface area contributed by atoms with Gasteiger partial charge in [0.2, 0.25) is 0 Å². The second-order valence-electron chi connectivity index (χ2n) is 2.67. The normalized spacial score (nSPS) is 11.8. The highest BCUT2D eigenvalue weighted by molar-refractivity contribution is 5.04. The number of methoxy groups -OCH3 is 1. The molecule has 0 aliphatic heterocycles. The van der Waals surface area contributed by atoms with Crippen LogP contribution in [0.3, 0.4) is 0 Å². The minimum atomic E-state index is 0.645. The molecule has 0 aromatic heterocycles. The fourth-order valence-electron chi connectivity index (χ4n) is 0.753. The van der Waals surface area contributed by atoms with Gasteiger partial charge in [-0.1, -0.05) is 26.5 Å². The lowest BCUT2D eigenvalue weighted by atomic mass is 10.1. The van der Waals surface area contributed by atoms with E-state index in [1.54, 1.807) is 13.2 Å².